The Morgan fingerprint density at radius 2 is 1.77 bits per heavy atom. The summed E-state index contributed by atoms with van der Waals surface area (Å²) in [5.74, 6) is -0.800. The molecule has 0 unspecified atom stereocenters. The number of anilines is 1. The molecule has 1 heterocycles. The van der Waals surface area contributed by atoms with Crippen molar-refractivity contribution in [2.75, 3.05) is 32.5 Å². The Bertz CT molecular complexity index is 827. The highest BCUT2D eigenvalue weighted by molar-refractivity contribution is 6.04. The van der Waals surface area contributed by atoms with E-state index in [0.717, 1.165) is 13.0 Å². The number of aromatic nitrogens is 1. The van der Waals surface area contributed by atoms with Crippen molar-refractivity contribution in [1.82, 2.24) is 15.2 Å². The summed E-state index contributed by atoms with van der Waals surface area (Å²) < 4.78 is 0. The predicted octanol–water partition coefficient (Wildman–Crippen LogP) is 1.89. The lowest BCUT2D eigenvalue weighted by atomic mass is 10.2. The van der Waals surface area contributed by atoms with Gasteiger partial charge >= 0.3 is 0 Å². The van der Waals surface area contributed by atoms with Gasteiger partial charge in [0.05, 0.1) is 11.3 Å². The Morgan fingerprint density at radius 1 is 1.08 bits per heavy atom. The summed E-state index contributed by atoms with van der Waals surface area (Å²) in [6.45, 7) is 1.40. The minimum atomic E-state index is -0.477. The molecule has 0 bridgehead atoms. The van der Waals surface area contributed by atoms with Gasteiger partial charge in [0.15, 0.2) is 0 Å². The normalized spacial score (nSPS) is 10.2. The Labute approximate surface area is 152 Å². The molecule has 7 heteroatoms. The van der Waals surface area contributed by atoms with Gasteiger partial charge in [-0.15, -0.1) is 0 Å². The number of nitriles is 1. The van der Waals surface area contributed by atoms with Gasteiger partial charge in [-0.25, -0.2) is 4.98 Å². The fraction of sp³-hybridized carbons (Fsp3) is 0.263. The SMILES string of the molecule is CN(C)CCCNC(=O)c1cccc(C(=O)Nc2ccccc2C#N)n1. The predicted molar refractivity (Wildman–Crippen MR) is 98.9 cm³/mol. The average molecular weight is 351 g/mol. The largest absolute Gasteiger partial charge is 0.351 e. The summed E-state index contributed by atoms with van der Waals surface area (Å²) in [4.78, 5) is 30.7. The third-order valence-electron chi connectivity index (χ3n) is 3.58. The van der Waals surface area contributed by atoms with E-state index in [1.54, 1.807) is 36.4 Å². The van der Waals surface area contributed by atoms with E-state index in [1.165, 1.54) is 6.07 Å². The molecule has 0 aliphatic rings. The van der Waals surface area contributed by atoms with Crippen molar-refractivity contribution >= 4 is 17.5 Å². The Balaban J connectivity index is 2.02. The zero-order valence-corrected chi connectivity index (χ0v) is 14.8. The summed E-state index contributed by atoms with van der Waals surface area (Å²) in [7, 11) is 3.94. The summed E-state index contributed by atoms with van der Waals surface area (Å²) in [6.07, 6.45) is 0.823. The molecule has 2 rings (SSSR count). The van der Waals surface area contributed by atoms with E-state index < -0.39 is 5.91 Å². The van der Waals surface area contributed by atoms with Crippen LogP contribution in [-0.4, -0.2) is 48.9 Å². The van der Waals surface area contributed by atoms with Crippen LogP contribution in [0.1, 0.15) is 33.0 Å². The van der Waals surface area contributed by atoms with Crippen LogP contribution in [0.3, 0.4) is 0 Å². The highest BCUT2D eigenvalue weighted by atomic mass is 16.2. The lowest BCUT2D eigenvalue weighted by Crippen LogP contribution is -2.28. The van der Waals surface area contributed by atoms with Crippen molar-refractivity contribution < 1.29 is 9.59 Å². The third-order valence-corrected chi connectivity index (χ3v) is 3.58. The zero-order chi connectivity index (χ0) is 18.9. The van der Waals surface area contributed by atoms with Crippen LogP contribution < -0.4 is 10.6 Å². The fourth-order valence-electron chi connectivity index (χ4n) is 2.25. The molecule has 26 heavy (non-hydrogen) atoms. The van der Waals surface area contributed by atoms with Crippen molar-refractivity contribution in [3.05, 3.63) is 59.4 Å². The number of carbonyl (C=O) groups excluding carboxylic acids is 2. The molecule has 0 aliphatic heterocycles. The summed E-state index contributed by atoms with van der Waals surface area (Å²) in [5.41, 5.74) is 1.05. The molecule has 7 nitrogen and oxygen atoms in total. The monoisotopic (exact) mass is 351 g/mol. The zero-order valence-electron chi connectivity index (χ0n) is 14.8. The molecule has 0 saturated carbocycles. The van der Waals surface area contributed by atoms with Crippen LogP contribution in [0.5, 0.6) is 0 Å². The minimum absolute atomic E-state index is 0.110. The highest BCUT2D eigenvalue weighted by Crippen LogP contribution is 2.14. The van der Waals surface area contributed by atoms with E-state index in [-0.39, 0.29) is 17.3 Å². The van der Waals surface area contributed by atoms with Crippen molar-refractivity contribution in [1.29, 1.82) is 5.26 Å². The summed E-state index contributed by atoms with van der Waals surface area (Å²) >= 11 is 0. The first-order valence-corrected chi connectivity index (χ1v) is 8.21. The second-order valence-corrected chi connectivity index (χ2v) is 5.93. The van der Waals surface area contributed by atoms with Crippen molar-refractivity contribution in [2.45, 2.75) is 6.42 Å². The quantitative estimate of drug-likeness (QED) is 0.742. The van der Waals surface area contributed by atoms with E-state index in [9.17, 15) is 9.59 Å². The molecule has 1 aromatic carbocycles. The molecule has 2 amide bonds. The van der Waals surface area contributed by atoms with Crippen LogP contribution in [0.25, 0.3) is 0 Å². The number of rotatable bonds is 7. The minimum Gasteiger partial charge on any atom is -0.351 e. The van der Waals surface area contributed by atoms with Crippen LogP contribution in [0, 0.1) is 11.3 Å². The third kappa shape index (κ3) is 5.40. The summed E-state index contributed by atoms with van der Waals surface area (Å²) in [6, 6.07) is 13.4. The second kappa shape index (κ2) is 9.30. The Morgan fingerprint density at radius 3 is 2.46 bits per heavy atom. The molecule has 0 aliphatic carbocycles. The Kier molecular flexibility index (Phi) is 6.83. The number of amides is 2. The molecule has 0 spiro atoms. The van der Waals surface area contributed by atoms with E-state index >= 15 is 0 Å². The first-order valence-electron chi connectivity index (χ1n) is 8.21. The Hall–Kier alpha value is -3.24. The molecule has 0 atom stereocenters. The van der Waals surface area contributed by atoms with Gasteiger partial charge in [0, 0.05) is 6.54 Å². The van der Waals surface area contributed by atoms with E-state index in [0.29, 0.717) is 17.8 Å². The van der Waals surface area contributed by atoms with Gasteiger partial charge in [-0.3, -0.25) is 9.59 Å². The van der Waals surface area contributed by atoms with E-state index in [4.69, 9.17) is 5.26 Å². The molecule has 0 radical (unpaired) electrons. The van der Waals surface area contributed by atoms with Crippen LogP contribution in [0.4, 0.5) is 5.69 Å². The first kappa shape index (κ1) is 19.1. The highest BCUT2D eigenvalue weighted by Gasteiger charge is 2.13. The number of nitrogens with one attached hydrogen (secondary N) is 2. The average Bonchev–Trinajstić information content (AvgIpc) is 2.65. The summed E-state index contributed by atoms with van der Waals surface area (Å²) in [5, 5.41) is 14.5. The standard InChI is InChI=1S/C19H21N5O2/c1-24(2)12-6-11-21-18(25)16-9-5-10-17(22-16)19(26)23-15-8-4-3-7-14(15)13-20/h3-5,7-10H,6,11-12H2,1-2H3,(H,21,25)(H,23,26). The molecule has 2 aromatic rings. The first-order chi connectivity index (χ1) is 12.5. The number of carbonyl (C=O) groups is 2. The lowest BCUT2D eigenvalue weighted by Gasteiger charge is -2.10. The number of hydrogen-bond acceptors (Lipinski definition) is 5. The number of nitrogens with zero attached hydrogens (tertiary/aromatic N) is 3. The molecular formula is C19H21N5O2. The molecule has 134 valence electrons. The van der Waals surface area contributed by atoms with Crippen molar-refractivity contribution in [3.8, 4) is 6.07 Å². The van der Waals surface area contributed by atoms with Gasteiger partial charge in [0.25, 0.3) is 11.8 Å². The fourth-order valence-corrected chi connectivity index (χ4v) is 2.25. The van der Waals surface area contributed by atoms with Crippen LogP contribution in [-0.2, 0) is 0 Å². The maximum atomic E-state index is 12.4. The number of para-hydroxylation sites is 1. The smallest absolute Gasteiger partial charge is 0.274 e. The van der Waals surface area contributed by atoms with Crippen LogP contribution in [0.2, 0.25) is 0 Å². The van der Waals surface area contributed by atoms with Gasteiger partial charge in [0.1, 0.15) is 17.5 Å². The van der Waals surface area contributed by atoms with Crippen LogP contribution >= 0.6 is 0 Å². The number of pyridine rings is 1. The van der Waals surface area contributed by atoms with E-state index in [2.05, 4.69) is 15.6 Å². The van der Waals surface area contributed by atoms with Gasteiger partial charge in [-0.05, 0) is 51.3 Å². The maximum Gasteiger partial charge on any atom is 0.274 e. The van der Waals surface area contributed by atoms with Crippen LogP contribution in [0.15, 0.2) is 42.5 Å². The topological polar surface area (TPSA) is 98.1 Å². The van der Waals surface area contributed by atoms with Crippen molar-refractivity contribution in [2.24, 2.45) is 0 Å². The molecule has 0 saturated heterocycles. The second-order valence-electron chi connectivity index (χ2n) is 5.93. The van der Waals surface area contributed by atoms with Gasteiger partial charge < -0.3 is 15.5 Å². The maximum absolute atomic E-state index is 12.4. The van der Waals surface area contributed by atoms with Gasteiger partial charge in [0.2, 0.25) is 0 Å². The number of hydrogen-bond donors (Lipinski definition) is 2. The lowest BCUT2D eigenvalue weighted by molar-refractivity contribution is 0.0947. The van der Waals surface area contributed by atoms with Gasteiger partial charge in [-0.2, -0.15) is 5.26 Å². The molecule has 0 fully saturated rings. The van der Waals surface area contributed by atoms with Gasteiger partial charge in [-0.1, -0.05) is 18.2 Å². The van der Waals surface area contributed by atoms with E-state index in [1.807, 2.05) is 25.1 Å². The van der Waals surface area contributed by atoms with Crippen molar-refractivity contribution in [3.63, 3.8) is 0 Å². The molecule has 2 N–H and O–H groups in total. The molecule has 1 aromatic heterocycles. The molecular weight excluding hydrogens is 330 g/mol. The number of benzene rings is 1.